The molecule has 0 saturated carbocycles. The molecule has 0 aliphatic carbocycles. The van der Waals surface area contributed by atoms with Crippen LogP contribution >= 0.6 is 0 Å². The summed E-state index contributed by atoms with van der Waals surface area (Å²) in [6.07, 6.45) is 0. The van der Waals surface area contributed by atoms with Gasteiger partial charge in [0.2, 0.25) is 21.8 Å². The summed E-state index contributed by atoms with van der Waals surface area (Å²) in [5.41, 5.74) is 1.73. The molecule has 1 fully saturated rings. The summed E-state index contributed by atoms with van der Waals surface area (Å²) in [6.45, 7) is 9.67. The van der Waals surface area contributed by atoms with Gasteiger partial charge in [0.1, 0.15) is 0 Å². The SMILES string of the molecule is Cc1ccc(C)c(S(=O)(=O)N2CCN(C(C)c3nnc(C)o3)CC2)c1. The van der Waals surface area contributed by atoms with Crippen LogP contribution in [0.3, 0.4) is 0 Å². The van der Waals surface area contributed by atoms with Gasteiger partial charge in [-0.25, -0.2) is 8.42 Å². The molecular formula is C17H24N4O3S. The second kappa shape index (κ2) is 6.86. The van der Waals surface area contributed by atoms with Crippen molar-refractivity contribution in [1.29, 1.82) is 0 Å². The predicted octanol–water partition coefficient (Wildman–Crippen LogP) is 2.06. The molecule has 1 unspecified atom stereocenters. The summed E-state index contributed by atoms with van der Waals surface area (Å²) in [7, 11) is -3.47. The molecule has 8 heteroatoms. The Bertz CT molecular complexity index is 855. The van der Waals surface area contributed by atoms with E-state index in [0.29, 0.717) is 42.9 Å². The maximum atomic E-state index is 13.0. The second-order valence-electron chi connectivity index (χ2n) is 6.54. The molecule has 0 radical (unpaired) electrons. The monoisotopic (exact) mass is 364 g/mol. The Morgan fingerprint density at radius 2 is 1.76 bits per heavy atom. The number of piperazine rings is 1. The third-order valence-corrected chi connectivity index (χ3v) is 6.72. The van der Waals surface area contributed by atoms with Gasteiger partial charge in [-0.3, -0.25) is 4.90 Å². The highest BCUT2D eigenvalue weighted by Crippen LogP contribution is 2.25. The average Bonchev–Trinajstić information content (AvgIpc) is 3.03. The van der Waals surface area contributed by atoms with Crippen LogP contribution in [0.15, 0.2) is 27.5 Å². The normalized spacial score (nSPS) is 18.4. The quantitative estimate of drug-likeness (QED) is 0.826. The lowest BCUT2D eigenvalue weighted by molar-refractivity contribution is 0.128. The molecule has 1 atom stereocenters. The maximum Gasteiger partial charge on any atom is 0.243 e. The van der Waals surface area contributed by atoms with Gasteiger partial charge in [-0.2, -0.15) is 4.31 Å². The van der Waals surface area contributed by atoms with Crippen LogP contribution in [0.25, 0.3) is 0 Å². The first-order chi connectivity index (χ1) is 11.8. The number of sulfonamides is 1. The van der Waals surface area contributed by atoms with Crippen molar-refractivity contribution in [3.63, 3.8) is 0 Å². The number of rotatable bonds is 4. The first kappa shape index (κ1) is 18.0. The lowest BCUT2D eigenvalue weighted by Gasteiger charge is -2.36. The summed E-state index contributed by atoms with van der Waals surface area (Å²) < 4.78 is 33.0. The second-order valence-corrected chi connectivity index (χ2v) is 8.45. The maximum absolute atomic E-state index is 13.0. The zero-order valence-corrected chi connectivity index (χ0v) is 15.9. The van der Waals surface area contributed by atoms with Gasteiger partial charge in [0, 0.05) is 33.1 Å². The van der Waals surface area contributed by atoms with Gasteiger partial charge in [0.25, 0.3) is 0 Å². The van der Waals surface area contributed by atoms with Crippen molar-refractivity contribution in [2.75, 3.05) is 26.2 Å². The van der Waals surface area contributed by atoms with Crippen LogP contribution in [0.4, 0.5) is 0 Å². The minimum absolute atomic E-state index is 0.0215. The number of aromatic nitrogens is 2. The highest BCUT2D eigenvalue weighted by Gasteiger charge is 2.32. The van der Waals surface area contributed by atoms with Crippen LogP contribution in [0, 0.1) is 20.8 Å². The standard InChI is InChI=1S/C17H24N4O3S/c1-12-5-6-13(2)16(11-12)25(22,23)21-9-7-20(8-10-21)14(3)17-19-18-15(4)24-17/h5-6,11,14H,7-10H2,1-4H3. The van der Waals surface area contributed by atoms with E-state index in [0.717, 1.165) is 11.1 Å². The molecule has 7 nitrogen and oxygen atoms in total. The predicted molar refractivity (Wildman–Crippen MR) is 93.7 cm³/mol. The first-order valence-electron chi connectivity index (χ1n) is 8.40. The zero-order valence-electron chi connectivity index (χ0n) is 15.1. The first-order valence-corrected chi connectivity index (χ1v) is 9.84. The number of benzene rings is 1. The largest absolute Gasteiger partial charge is 0.424 e. The minimum Gasteiger partial charge on any atom is -0.424 e. The number of nitrogens with zero attached hydrogens (tertiary/aromatic N) is 4. The van der Waals surface area contributed by atoms with Gasteiger partial charge in [0.05, 0.1) is 10.9 Å². The highest BCUT2D eigenvalue weighted by atomic mass is 32.2. The van der Waals surface area contributed by atoms with Gasteiger partial charge < -0.3 is 4.42 Å². The fourth-order valence-electron chi connectivity index (χ4n) is 3.09. The molecule has 25 heavy (non-hydrogen) atoms. The fourth-order valence-corrected chi connectivity index (χ4v) is 4.82. The molecule has 136 valence electrons. The molecule has 0 spiro atoms. The van der Waals surface area contributed by atoms with Crippen molar-refractivity contribution in [2.45, 2.75) is 38.6 Å². The summed E-state index contributed by atoms with van der Waals surface area (Å²) in [4.78, 5) is 2.57. The summed E-state index contributed by atoms with van der Waals surface area (Å²) in [6, 6.07) is 5.52. The van der Waals surface area contributed by atoms with E-state index in [1.54, 1.807) is 17.3 Å². The van der Waals surface area contributed by atoms with Gasteiger partial charge in [-0.15, -0.1) is 10.2 Å². The molecule has 0 amide bonds. The van der Waals surface area contributed by atoms with Crippen molar-refractivity contribution in [1.82, 2.24) is 19.4 Å². The molecular weight excluding hydrogens is 340 g/mol. The van der Waals surface area contributed by atoms with Crippen LogP contribution < -0.4 is 0 Å². The Labute approximate surface area is 148 Å². The van der Waals surface area contributed by atoms with Gasteiger partial charge >= 0.3 is 0 Å². The molecule has 1 aromatic heterocycles. The van der Waals surface area contributed by atoms with E-state index in [9.17, 15) is 8.42 Å². The number of aryl methyl sites for hydroxylation is 3. The molecule has 3 rings (SSSR count). The number of hydrogen-bond acceptors (Lipinski definition) is 6. The summed E-state index contributed by atoms with van der Waals surface area (Å²) in [5.74, 6) is 1.11. The minimum atomic E-state index is -3.47. The van der Waals surface area contributed by atoms with Crippen molar-refractivity contribution in [2.24, 2.45) is 0 Å². The Balaban J connectivity index is 1.72. The van der Waals surface area contributed by atoms with Crippen molar-refractivity contribution >= 4 is 10.0 Å². The molecule has 2 aromatic rings. The summed E-state index contributed by atoms with van der Waals surface area (Å²) >= 11 is 0. The highest BCUT2D eigenvalue weighted by molar-refractivity contribution is 7.89. The molecule has 1 aliphatic rings. The third kappa shape index (κ3) is 3.61. The zero-order chi connectivity index (χ0) is 18.2. The average molecular weight is 364 g/mol. The molecule has 1 saturated heterocycles. The van der Waals surface area contributed by atoms with E-state index in [-0.39, 0.29) is 6.04 Å². The van der Waals surface area contributed by atoms with Crippen LogP contribution in [0.2, 0.25) is 0 Å². The van der Waals surface area contributed by atoms with Crippen molar-refractivity contribution < 1.29 is 12.8 Å². The topological polar surface area (TPSA) is 79.5 Å². The molecule has 1 aromatic carbocycles. The molecule has 1 aliphatic heterocycles. The number of hydrogen-bond donors (Lipinski definition) is 0. The Kier molecular flexibility index (Phi) is 4.95. The van der Waals surface area contributed by atoms with E-state index >= 15 is 0 Å². The van der Waals surface area contributed by atoms with Gasteiger partial charge in [-0.05, 0) is 38.0 Å². The smallest absolute Gasteiger partial charge is 0.243 e. The van der Waals surface area contributed by atoms with Crippen LogP contribution in [0.5, 0.6) is 0 Å². The van der Waals surface area contributed by atoms with E-state index < -0.39 is 10.0 Å². The Morgan fingerprint density at radius 3 is 2.36 bits per heavy atom. The third-order valence-electron chi connectivity index (χ3n) is 4.68. The van der Waals surface area contributed by atoms with Crippen LogP contribution in [-0.4, -0.2) is 54.0 Å². The van der Waals surface area contributed by atoms with E-state index in [1.807, 2.05) is 32.9 Å². The van der Waals surface area contributed by atoms with Crippen LogP contribution in [0.1, 0.15) is 35.9 Å². The van der Waals surface area contributed by atoms with E-state index in [1.165, 1.54) is 0 Å². The van der Waals surface area contributed by atoms with E-state index in [2.05, 4.69) is 15.1 Å². The summed E-state index contributed by atoms with van der Waals surface area (Å²) in [5, 5.41) is 7.93. The van der Waals surface area contributed by atoms with Crippen molar-refractivity contribution in [3.05, 3.63) is 41.1 Å². The van der Waals surface area contributed by atoms with Crippen molar-refractivity contribution in [3.8, 4) is 0 Å². The molecule has 2 heterocycles. The van der Waals surface area contributed by atoms with Gasteiger partial charge in [-0.1, -0.05) is 12.1 Å². The fraction of sp³-hybridized carbons (Fsp3) is 0.529. The lowest BCUT2D eigenvalue weighted by atomic mass is 10.2. The lowest BCUT2D eigenvalue weighted by Crippen LogP contribution is -2.49. The van der Waals surface area contributed by atoms with Crippen LogP contribution in [-0.2, 0) is 10.0 Å². The Morgan fingerprint density at radius 1 is 1.08 bits per heavy atom. The van der Waals surface area contributed by atoms with E-state index in [4.69, 9.17) is 4.42 Å². The Hall–Kier alpha value is -1.77. The molecule has 0 N–H and O–H groups in total. The molecule has 0 bridgehead atoms. The van der Waals surface area contributed by atoms with Gasteiger partial charge in [0.15, 0.2) is 0 Å².